The third kappa shape index (κ3) is 5.30. The molecule has 1 rings (SSSR count). The number of likely N-dealkylation sites (N-methyl/N-ethyl adjacent to an activating group) is 1. The molecule has 1 aliphatic heterocycles. The van der Waals surface area contributed by atoms with Gasteiger partial charge < -0.3 is 9.80 Å². The summed E-state index contributed by atoms with van der Waals surface area (Å²) in [5.74, 6) is 0.588. The third-order valence-corrected chi connectivity index (χ3v) is 4.30. The Balaban J connectivity index is 2.38. The molecule has 1 aliphatic rings. The first-order chi connectivity index (χ1) is 10.0. The second kappa shape index (κ2) is 9.03. The summed E-state index contributed by atoms with van der Waals surface area (Å²) in [7, 11) is 0. The molecule has 1 unspecified atom stereocenters. The largest absolute Gasteiger partial charge is 0.342 e. The highest BCUT2D eigenvalue weighted by molar-refractivity contribution is 5.79. The molecule has 1 heterocycles. The molecule has 0 radical (unpaired) electrons. The molecule has 122 valence electrons. The molecule has 0 spiro atoms. The van der Waals surface area contributed by atoms with Crippen LogP contribution in [0, 0.1) is 5.92 Å². The molecule has 5 heteroatoms. The molecule has 1 fully saturated rings. The van der Waals surface area contributed by atoms with Crippen molar-refractivity contribution in [3.05, 3.63) is 0 Å². The van der Waals surface area contributed by atoms with Gasteiger partial charge in [0.1, 0.15) is 0 Å². The molecule has 1 saturated heterocycles. The molecular weight excluding hydrogens is 266 g/mol. The maximum absolute atomic E-state index is 12.2. The van der Waals surface area contributed by atoms with Crippen LogP contribution in [0.4, 0.5) is 0 Å². The van der Waals surface area contributed by atoms with E-state index < -0.39 is 0 Å². The summed E-state index contributed by atoms with van der Waals surface area (Å²) in [5.41, 5.74) is 0. The quantitative estimate of drug-likeness (QED) is 0.714. The van der Waals surface area contributed by atoms with Crippen molar-refractivity contribution in [1.29, 1.82) is 0 Å². The average molecular weight is 297 g/mol. The minimum atomic E-state index is 0.124. The molecular formula is C16H31N3O2. The Morgan fingerprint density at radius 3 is 2.10 bits per heavy atom. The second-order valence-electron chi connectivity index (χ2n) is 5.86. The molecule has 5 nitrogen and oxygen atoms in total. The van der Waals surface area contributed by atoms with E-state index in [2.05, 4.69) is 11.8 Å². The van der Waals surface area contributed by atoms with E-state index in [0.29, 0.717) is 6.54 Å². The molecule has 0 aromatic carbocycles. The van der Waals surface area contributed by atoms with Gasteiger partial charge in [-0.05, 0) is 20.3 Å². The van der Waals surface area contributed by atoms with Gasteiger partial charge >= 0.3 is 0 Å². The first-order valence-corrected chi connectivity index (χ1v) is 8.32. The number of carbonyl (C=O) groups is 2. The fourth-order valence-corrected chi connectivity index (χ4v) is 2.86. The predicted octanol–water partition coefficient (Wildman–Crippen LogP) is 1.44. The van der Waals surface area contributed by atoms with Crippen LogP contribution in [0.3, 0.4) is 0 Å². The number of hydrogen-bond donors (Lipinski definition) is 0. The zero-order valence-electron chi connectivity index (χ0n) is 14.1. The fraction of sp³-hybridized carbons (Fsp3) is 0.875. The van der Waals surface area contributed by atoms with Gasteiger partial charge in [0.15, 0.2) is 0 Å². The summed E-state index contributed by atoms with van der Waals surface area (Å²) in [6, 6.07) is 0. The standard InChI is InChI=1S/C16H31N3O2/c1-5-8-14(4)16(21)19-11-9-17(10-12-19)13-15(20)18(6-2)7-3/h14H,5-13H2,1-4H3. The maximum Gasteiger partial charge on any atom is 0.236 e. The molecule has 0 aliphatic carbocycles. The van der Waals surface area contributed by atoms with E-state index in [1.807, 2.05) is 30.6 Å². The molecule has 1 atom stereocenters. The molecule has 21 heavy (non-hydrogen) atoms. The van der Waals surface area contributed by atoms with Crippen LogP contribution in [0.1, 0.15) is 40.5 Å². The highest BCUT2D eigenvalue weighted by Gasteiger charge is 2.25. The molecule has 0 saturated carbocycles. The average Bonchev–Trinajstić information content (AvgIpc) is 2.48. The van der Waals surface area contributed by atoms with Crippen LogP contribution < -0.4 is 0 Å². The van der Waals surface area contributed by atoms with Crippen molar-refractivity contribution in [2.45, 2.75) is 40.5 Å². The summed E-state index contributed by atoms with van der Waals surface area (Å²) in [6.45, 7) is 13.3. The van der Waals surface area contributed by atoms with Gasteiger partial charge in [-0.25, -0.2) is 0 Å². The van der Waals surface area contributed by atoms with E-state index in [0.717, 1.165) is 52.1 Å². The van der Waals surface area contributed by atoms with Crippen molar-refractivity contribution < 1.29 is 9.59 Å². The van der Waals surface area contributed by atoms with Gasteiger partial charge in [0.2, 0.25) is 11.8 Å². The lowest BCUT2D eigenvalue weighted by molar-refractivity contribution is -0.138. The van der Waals surface area contributed by atoms with Crippen LogP contribution in [0.15, 0.2) is 0 Å². The van der Waals surface area contributed by atoms with Crippen LogP contribution >= 0.6 is 0 Å². The summed E-state index contributed by atoms with van der Waals surface area (Å²) < 4.78 is 0. The number of amides is 2. The van der Waals surface area contributed by atoms with Crippen molar-refractivity contribution in [3.8, 4) is 0 Å². The van der Waals surface area contributed by atoms with Crippen LogP contribution in [-0.2, 0) is 9.59 Å². The molecule has 0 N–H and O–H groups in total. The minimum absolute atomic E-state index is 0.124. The fourth-order valence-electron chi connectivity index (χ4n) is 2.86. The maximum atomic E-state index is 12.2. The summed E-state index contributed by atoms with van der Waals surface area (Å²) in [6.07, 6.45) is 2.00. The van der Waals surface area contributed by atoms with Crippen LogP contribution in [0.2, 0.25) is 0 Å². The summed E-state index contributed by atoms with van der Waals surface area (Å²) in [5, 5.41) is 0. The van der Waals surface area contributed by atoms with E-state index in [4.69, 9.17) is 0 Å². The van der Waals surface area contributed by atoms with Gasteiger partial charge in [0.25, 0.3) is 0 Å². The Kier molecular flexibility index (Phi) is 7.72. The Morgan fingerprint density at radius 2 is 1.62 bits per heavy atom. The van der Waals surface area contributed by atoms with Crippen LogP contribution in [0.5, 0.6) is 0 Å². The van der Waals surface area contributed by atoms with E-state index in [1.54, 1.807) is 0 Å². The first kappa shape index (κ1) is 18.0. The topological polar surface area (TPSA) is 43.9 Å². The summed E-state index contributed by atoms with van der Waals surface area (Å²) in [4.78, 5) is 30.3. The SMILES string of the molecule is CCCC(C)C(=O)N1CCN(CC(=O)N(CC)CC)CC1. The van der Waals surface area contributed by atoms with Crippen molar-refractivity contribution in [2.24, 2.45) is 5.92 Å². The van der Waals surface area contributed by atoms with Gasteiger partial charge in [-0.1, -0.05) is 20.3 Å². The van der Waals surface area contributed by atoms with Crippen LogP contribution in [-0.4, -0.2) is 72.3 Å². The number of nitrogens with zero attached hydrogens (tertiary/aromatic N) is 3. The lowest BCUT2D eigenvalue weighted by atomic mass is 10.0. The third-order valence-electron chi connectivity index (χ3n) is 4.30. The van der Waals surface area contributed by atoms with E-state index in [1.165, 1.54) is 0 Å². The highest BCUT2D eigenvalue weighted by atomic mass is 16.2. The molecule has 0 aromatic heterocycles. The van der Waals surface area contributed by atoms with Crippen molar-refractivity contribution >= 4 is 11.8 Å². The van der Waals surface area contributed by atoms with Gasteiger partial charge in [0.05, 0.1) is 6.54 Å². The van der Waals surface area contributed by atoms with Gasteiger partial charge in [-0.15, -0.1) is 0 Å². The lowest BCUT2D eigenvalue weighted by Crippen LogP contribution is -2.52. The summed E-state index contributed by atoms with van der Waals surface area (Å²) >= 11 is 0. The number of rotatable bonds is 7. The number of carbonyl (C=O) groups excluding carboxylic acids is 2. The highest BCUT2D eigenvalue weighted by Crippen LogP contribution is 2.12. The lowest BCUT2D eigenvalue weighted by Gasteiger charge is -2.36. The van der Waals surface area contributed by atoms with E-state index in [-0.39, 0.29) is 17.7 Å². The molecule has 0 bridgehead atoms. The smallest absolute Gasteiger partial charge is 0.236 e. The number of hydrogen-bond acceptors (Lipinski definition) is 3. The Morgan fingerprint density at radius 1 is 1.05 bits per heavy atom. The Bertz CT molecular complexity index is 334. The second-order valence-corrected chi connectivity index (χ2v) is 5.86. The zero-order valence-corrected chi connectivity index (χ0v) is 14.1. The monoisotopic (exact) mass is 297 g/mol. The minimum Gasteiger partial charge on any atom is -0.342 e. The van der Waals surface area contributed by atoms with Crippen molar-refractivity contribution in [2.75, 3.05) is 45.8 Å². The predicted molar refractivity (Wildman–Crippen MR) is 85.0 cm³/mol. The van der Waals surface area contributed by atoms with E-state index in [9.17, 15) is 9.59 Å². The van der Waals surface area contributed by atoms with Crippen molar-refractivity contribution in [3.63, 3.8) is 0 Å². The number of piperazine rings is 1. The van der Waals surface area contributed by atoms with Crippen molar-refractivity contribution in [1.82, 2.24) is 14.7 Å². The van der Waals surface area contributed by atoms with Crippen LogP contribution in [0.25, 0.3) is 0 Å². The molecule has 0 aromatic rings. The van der Waals surface area contributed by atoms with Gasteiger partial charge in [-0.3, -0.25) is 14.5 Å². The Labute approximate surface area is 129 Å². The normalized spacial score (nSPS) is 17.6. The zero-order chi connectivity index (χ0) is 15.8. The first-order valence-electron chi connectivity index (χ1n) is 8.32. The van der Waals surface area contributed by atoms with Gasteiger partial charge in [0, 0.05) is 45.2 Å². The Hall–Kier alpha value is -1.10. The van der Waals surface area contributed by atoms with E-state index >= 15 is 0 Å². The van der Waals surface area contributed by atoms with Gasteiger partial charge in [-0.2, -0.15) is 0 Å². The molecule has 2 amide bonds.